The van der Waals surface area contributed by atoms with Gasteiger partial charge >= 0.3 is 11.8 Å². The van der Waals surface area contributed by atoms with E-state index in [1.807, 2.05) is 0 Å². The van der Waals surface area contributed by atoms with E-state index >= 15 is 0 Å². The number of hydrogen-bond donors (Lipinski definition) is 2. The largest absolute Gasteiger partial charge is 0.348 e. The number of carbonyl (C=O) groups excluding carboxylic acids is 2. The zero-order chi connectivity index (χ0) is 30.6. The molecule has 0 heterocycles. The molecular weight excluding hydrogens is 516 g/mol. The van der Waals surface area contributed by atoms with Crippen LogP contribution >= 0.6 is 0 Å². The molecule has 0 aliphatic carbocycles. The number of allylic oxidation sites excluding steroid dienone is 4. The Morgan fingerprint density at radius 3 is 0.881 bits per heavy atom. The Balaban J connectivity index is 3.35. The van der Waals surface area contributed by atoms with Gasteiger partial charge in [0.05, 0.1) is 0 Å². The molecule has 0 aromatic carbocycles. The van der Waals surface area contributed by atoms with Crippen molar-refractivity contribution in [3.8, 4) is 0 Å². The quantitative estimate of drug-likeness (QED) is 0.0466. The maximum absolute atomic E-state index is 12.0. The molecule has 4 nitrogen and oxygen atoms in total. The number of nitrogens with one attached hydrogen (secondary N) is 2. The molecule has 0 fully saturated rings. The molecule has 0 radical (unpaired) electrons. The number of unbranched alkanes of at least 4 members (excludes halogenated alkanes) is 24. The highest BCUT2D eigenvalue weighted by Gasteiger charge is 2.11. The van der Waals surface area contributed by atoms with Crippen LogP contribution < -0.4 is 10.6 Å². The van der Waals surface area contributed by atoms with E-state index in [4.69, 9.17) is 0 Å². The minimum absolute atomic E-state index is 0.479. The van der Waals surface area contributed by atoms with Gasteiger partial charge in [-0.3, -0.25) is 9.59 Å². The standard InChI is InChI=1S/C38H72N2O2/c1-3-5-7-9-11-13-15-17-19-21-23-25-27-29-31-33-35-39-37(41)38(42)40-36-34-32-30-28-26-24-22-20-18-16-14-12-10-8-6-4-2/h17-20H,3-16,21-36H2,1-2H3,(H,39,41)(H,40,42). The first-order chi connectivity index (χ1) is 20.7. The maximum Gasteiger partial charge on any atom is 0.309 e. The van der Waals surface area contributed by atoms with Gasteiger partial charge in [0.1, 0.15) is 0 Å². The van der Waals surface area contributed by atoms with Crippen LogP contribution in [0.25, 0.3) is 0 Å². The normalized spacial score (nSPS) is 11.6. The molecule has 0 aromatic rings. The highest BCUT2D eigenvalue weighted by atomic mass is 16.2. The Labute approximate surface area is 262 Å². The molecule has 246 valence electrons. The average Bonchev–Trinajstić information content (AvgIpc) is 3.00. The summed E-state index contributed by atoms with van der Waals surface area (Å²) in [5.74, 6) is -0.959. The molecule has 0 unspecified atom stereocenters. The van der Waals surface area contributed by atoms with Crippen LogP contribution in [0, 0.1) is 0 Å². The fourth-order valence-electron chi connectivity index (χ4n) is 5.31. The summed E-state index contributed by atoms with van der Waals surface area (Å²) in [4.78, 5) is 23.9. The summed E-state index contributed by atoms with van der Waals surface area (Å²) in [7, 11) is 0. The zero-order valence-electron chi connectivity index (χ0n) is 28.3. The first-order valence-electron chi connectivity index (χ1n) is 18.6. The minimum Gasteiger partial charge on any atom is -0.348 e. The topological polar surface area (TPSA) is 58.2 Å². The van der Waals surface area contributed by atoms with E-state index in [0.717, 1.165) is 25.7 Å². The van der Waals surface area contributed by atoms with E-state index in [0.29, 0.717) is 13.1 Å². The molecule has 0 saturated carbocycles. The average molecular weight is 589 g/mol. The molecule has 0 atom stereocenters. The lowest BCUT2D eigenvalue weighted by Gasteiger charge is -2.07. The summed E-state index contributed by atoms with van der Waals surface area (Å²) in [6.07, 6.45) is 45.1. The summed E-state index contributed by atoms with van der Waals surface area (Å²) in [6.45, 7) is 5.74. The van der Waals surface area contributed by atoms with Crippen LogP contribution in [-0.2, 0) is 9.59 Å². The predicted octanol–water partition coefficient (Wildman–Crippen LogP) is 11.3. The molecule has 2 N–H and O–H groups in total. The van der Waals surface area contributed by atoms with Gasteiger partial charge < -0.3 is 10.6 Å². The van der Waals surface area contributed by atoms with E-state index < -0.39 is 11.8 Å². The van der Waals surface area contributed by atoms with Crippen molar-refractivity contribution >= 4 is 11.8 Å². The highest BCUT2D eigenvalue weighted by Crippen LogP contribution is 2.11. The first kappa shape index (κ1) is 40.4. The van der Waals surface area contributed by atoms with Crippen LogP contribution in [0.5, 0.6) is 0 Å². The lowest BCUT2D eigenvalue weighted by Crippen LogP contribution is -2.40. The van der Waals surface area contributed by atoms with Crippen LogP contribution in [0.2, 0.25) is 0 Å². The van der Waals surface area contributed by atoms with Gasteiger partial charge in [-0.2, -0.15) is 0 Å². The molecule has 0 spiro atoms. The lowest BCUT2D eigenvalue weighted by atomic mass is 10.1. The summed E-state index contributed by atoms with van der Waals surface area (Å²) < 4.78 is 0. The molecule has 2 amide bonds. The molecule has 42 heavy (non-hydrogen) atoms. The molecule has 0 aliphatic heterocycles. The highest BCUT2D eigenvalue weighted by molar-refractivity contribution is 6.35. The molecule has 0 bridgehead atoms. The third-order valence-electron chi connectivity index (χ3n) is 8.15. The van der Waals surface area contributed by atoms with Crippen molar-refractivity contribution in [3.63, 3.8) is 0 Å². The van der Waals surface area contributed by atoms with Gasteiger partial charge in [-0.1, -0.05) is 154 Å². The summed E-state index contributed by atoms with van der Waals surface area (Å²) >= 11 is 0. The van der Waals surface area contributed by atoms with Crippen molar-refractivity contribution in [2.24, 2.45) is 0 Å². The zero-order valence-corrected chi connectivity index (χ0v) is 28.3. The monoisotopic (exact) mass is 589 g/mol. The molecule has 0 aliphatic rings. The third-order valence-corrected chi connectivity index (χ3v) is 8.15. The van der Waals surface area contributed by atoms with E-state index in [1.165, 1.54) is 154 Å². The van der Waals surface area contributed by atoms with Crippen molar-refractivity contribution in [2.45, 2.75) is 194 Å². The maximum atomic E-state index is 12.0. The van der Waals surface area contributed by atoms with Gasteiger partial charge in [-0.05, 0) is 64.2 Å². The molecular formula is C38H72N2O2. The predicted molar refractivity (Wildman–Crippen MR) is 185 cm³/mol. The van der Waals surface area contributed by atoms with Crippen molar-refractivity contribution in [3.05, 3.63) is 24.3 Å². The third kappa shape index (κ3) is 32.9. The van der Waals surface area contributed by atoms with Gasteiger partial charge in [0.25, 0.3) is 0 Å². The van der Waals surface area contributed by atoms with Crippen LogP contribution in [0.1, 0.15) is 194 Å². The molecule has 0 aromatic heterocycles. The first-order valence-corrected chi connectivity index (χ1v) is 18.6. The Morgan fingerprint density at radius 2 is 0.595 bits per heavy atom. The summed E-state index contributed by atoms with van der Waals surface area (Å²) in [6, 6.07) is 0. The number of carbonyl (C=O) groups is 2. The van der Waals surface area contributed by atoms with Crippen LogP contribution in [0.3, 0.4) is 0 Å². The fourth-order valence-corrected chi connectivity index (χ4v) is 5.31. The number of rotatable bonds is 32. The second kappa shape index (κ2) is 35.6. The van der Waals surface area contributed by atoms with Gasteiger partial charge in [0, 0.05) is 13.1 Å². The molecule has 0 rings (SSSR count). The van der Waals surface area contributed by atoms with E-state index in [-0.39, 0.29) is 0 Å². The fraction of sp³-hybridized carbons (Fsp3) is 0.842. The SMILES string of the molecule is CCCCCCCCC=CCCCCCCCCNC(=O)C(=O)NCCCCCCCCC=CCCCCCCCC. The van der Waals surface area contributed by atoms with Crippen LogP contribution in [0.4, 0.5) is 0 Å². The Hall–Kier alpha value is -1.58. The van der Waals surface area contributed by atoms with Crippen molar-refractivity contribution < 1.29 is 9.59 Å². The second-order valence-corrected chi connectivity index (χ2v) is 12.4. The Morgan fingerprint density at radius 1 is 0.357 bits per heavy atom. The van der Waals surface area contributed by atoms with E-state index in [1.54, 1.807) is 0 Å². The van der Waals surface area contributed by atoms with Crippen molar-refractivity contribution in [2.75, 3.05) is 13.1 Å². The number of hydrogen-bond acceptors (Lipinski definition) is 2. The van der Waals surface area contributed by atoms with Gasteiger partial charge in [-0.25, -0.2) is 0 Å². The van der Waals surface area contributed by atoms with Crippen molar-refractivity contribution in [1.29, 1.82) is 0 Å². The van der Waals surface area contributed by atoms with Crippen LogP contribution in [-0.4, -0.2) is 24.9 Å². The van der Waals surface area contributed by atoms with Crippen molar-refractivity contribution in [1.82, 2.24) is 10.6 Å². The molecule has 4 heteroatoms. The Bertz CT molecular complexity index is 575. The molecule has 0 saturated heterocycles. The van der Waals surface area contributed by atoms with E-state index in [2.05, 4.69) is 48.8 Å². The van der Waals surface area contributed by atoms with E-state index in [9.17, 15) is 9.59 Å². The lowest BCUT2D eigenvalue weighted by molar-refractivity contribution is -0.139. The summed E-state index contributed by atoms with van der Waals surface area (Å²) in [5.41, 5.74) is 0. The number of amides is 2. The van der Waals surface area contributed by atoms with Gasteiger partial charge in [0.15, 0.2) is 0 Å². The summed E-state index contributed by atoms with van der Waals surface area (Å²) in [5, 5.41) is 5.55. The Kier molecular flexibility index (Phi) is 34.3. The minimum atomic E-state index is -0.479. The smallest absolute Gasteiger partial charge is 0.309 e. The van der Waals surface area contributed by atoms with Gasteiger partial charge in [0.2, 0.25) is 0 Å². The van der Waals surface area contributed by atoms with Gasteiger partial charge in [-0.15, -0.1) is 0 Å². The van der Waals surface area contributed by atoms with Crippen LogP contribution in [0.15, 0.2) is 24.3 Å². The second-order valence-electron chi connectivity index (χ2n) is 12.4.